The molecule has 2 aliphatic heterocycles. The van der Waals surface area contributed by atoms with Crippen LogP contribution in [0.5, 0.6) is 5.75 Å². The van der Waals surface area contributed by atoms with Gasteiger partial charge in [-0.2, -0.15) is 0 Å². The number of para-hydroxylation sites is 2. The van der Waals surface area contributed by atoms with Gasteiger partial charge in [-0.1, -0.05) is 19.1 Å². The van der Waals surface area contributed by atoms with E-state index in [1.54, 1.807) is 6.07 Å². The molecule has 7 nitrogen and oxygen atoms in total. The fourth-order valence-corrected chi connectivity index (χ4v) is 4.21. The van der Waals surface area contributed by atoms with Gasteiger partial charge in [-0.3, -0.25) is 9.79 Å². The lowest BCUT2D eigenvalue weighted by Crippen LogP contribution is -2.53. The number of hydrogen-bond donors (Lipinski definition) is 2. The fourth-order valence-electron chi connectivity index (χ4n) is 4.21. The predicted molar refractivity (Wildman–Crippen MR) is 128 cm³/mol. The lowest BCUT2D eigenvalue weighted by Gasteiger charge is -2.38. The Bertz CT molecular complexity index is 691. The minimum absolute atomic E-state index is 0. The van der Waals surface area contributed by atoms with Gasteiger partial charge >= 0.3 is 0 Å². The molecular weight excluding hydrogens is 481 g/mol. The van der Waals surface area contributed by atoms with E-state index in [0.717, 1.165) is 70.2 Å². The van der Waals surface area contributed by atoms with Crippen molar-refractivity contribution in [2.75, 3.05) is 51.2 Å². The third-order valence-electron chi connectivity index (χ3n) is 5.80. The molecule has 8 heteroatoms. The van der Waals surface area contributed by atoms with E-state index < -0.39 is 0 Å². The zero-order valence-corrected chi connectivity index (χ0v) is 19.8. The average molecular weight is 515 g/mol. The minimum Gasteiger partial charge on any atom is -0.506 e. The fraction of sp³-hybridized carbons (Fsp3) is 0.619. The first-order valence-electron chi connectivity index (χ1n) is 10.4. The highest BCUT2D eigenvalue weighted by atomic mass is 127. The van der Waals surface area contributed by atoms with Crippen LogP contribution in [0.2, 0.25) is 0 Å². The Kier molecular flexibility index (Phi) is 9.32. The van der Waals surface area contributed by atoms with Gasteiger partial charge < -0.3 is 25.1 Å². The van der Waals surface area contributed by atoms with E-state index in [1.165, 1.54) is 0 Å². The number of amides is 1. The third kappa shape index (κ3) is 5.90. The molecule has 1 amide bonds. The number of anilines is 1. The van der Waals surface area contributed by atoms with Crippen LogP contribution in [0.3, 0.4) is 0 Å². The van der Waals surface area contributed by atoms with Crippen LogP contribution in [-0.2, 0) is 4.79 Å². The standard InChI is InChI=1S/C21H33N5O2.HI/c1-3-17(26-12-6-9-20(26)28)10-11-23-21(22-2)25-15-13-24(14-16-25)18-7-4-5-8-19(18)27;/h4-5,7-8,17,27H,3,6,9-16H2,1-2H3,(H,22,23);1H. The van der Waals surface area contributed by atoms with Crippen LogP contribution in [0.1, 0.15) is 32.6 Å². The van der Waals surface area contributed by atoms with E-state index >= 15 is 0 Å². The number of phenolic OH excluding ortho intramolecular Hbond substituents is 1. The molecule has 0 aromatic heterocycles. The van der Waals surface area contributed by atoms with E-state index in [4.69, 9.17) is 0 Å². The maximum absolute atomic E-state index is 12.0. The van der Waals surface area contributed by atoms with E-state index in [2.05, 4.69) is 31.9 Å². The molecule has 0 spiro atoms. The Morgan fingerprint density at radius 1 is 1.21 bits per heavy atom. The number of halogens is 1. The molecule has 29 heavy (non-hydrogen) atoms. The number of nitrogens with one attached hydrogen (secondary N) is 1. The molecular formula is C21H34IN5O2. The Balaban J connectivity index is 0.00000300. The van der Waals surface area contributed by atoms with Crippen LogP contribution in [0, 0.1) is 0 Å². The number of rotatable bonds is 6. The number of likely N-dealkylation sites (tertiary alicyclic amines) is 1. The third-order valence-corrected chi connectivity index (χ3v) is 5.80. The van der Waals surface area contributed by atoms with Crippen molar-refractivity contribution in [1.29, 1.82) is 0 Å². The van der Waals surface area contributed by atoms with Gasteiger partial charge in [-0.25, -0.2) is 0 Å². The lowest BCUT2D eigenvalue weighted by atomic mass is 10.1. The van der Waals surface area contributed by atoms with Crippen molar-refractivity contribution in [2.45, 2.75) is 38.6 Å². The largest absolute Gasteiger partial charge is 0.506 e. The Hall–Kier alpha value is -1.71. The number of aromatic hydroxyl groups is 1. The van der Waals surface area contributed by atoms with Crippen molar-refractivity contribution < 1.29 is 9.90 Å². The zero-order chi connectivity index (χ0) is 19.9. The number of guanidine groups is 1. The predicted octanol–water partition coefficient (Wildman–Crippen LogP) is 2.50. The van der Waals surface area contributed by atoms with Crippen LogP contribution in [-0.4, -0.2) is 79.1 Å². The lowest BCUT2D eigenvalue weighted by molar-refractivity contribution is -0.129. The van der Waals surface area contributed by atoms with E-state index in [0.29, 0.717) is 24.1 Å². The van der Waals surface area contributed by atoms with Gasteiger partial charge in [0.05, 0.1) is 5.69 Å². The van der Waals surface area contributed by atoms with Crippen LogP contribution >= 0.6 is 24.0 Å². The van der Waals surface area contributed by atoms with Crippen LogP contribution < -0.4 is 10.2 Å². The molecule has 1 atom stereocenters. The summed E-state index contributed by atoms with van der Waals surface area (Å²) in [6.45, 7) is 7.28. The molecule has 162 valence electrons. The van der Waals surface area contributed by atoms with Gasteiger partial charge in [0.2, 0.25) is 5.91 Å². The van der Waals surface area contributed by atoms with Crippen LogP contribution in [0.25, 0.3) is 0 Å². The zero-order valence-electron chi connectivity index (χ0n) is 17.5. The van der Waals surface area contributed by atoms with Gasteiger partial charge in [0, 0.05) is 58.8 Å². The number of piperazine rings is 1. The summed E-state index contributed by atoms with van der Waals surface area (Å²) in [5.74, 6) is 1.55. The Morgan fingerprint density at radius 2 is 1.93 bits per heavy atom. The molecule has 1 aromatic rings. The summed E-state index contributed by atoms with van der Waals surface area (Å²) in [6, 6.07) is 7.82. The molecule has 2 aliphatic rings. The van der Waals surface area contributed by atoms with Crippen molar-refractivity contribution in [3.63, 3.8) is 0 Å². The number of aliphatic imine (C=N–C) groups is 1. The molecule has 2 N–H and O–H groups in total. The summed E-state index contributed by atoms with van der Waals surface area (Å²) in [7, 11) is 1.82. The first-order valence-corrected chi connectivity index (χ1v) is 10.4. The smallest absolute Gasteiger partial charge is 0.222 e. The van der Waals surface area contributed by atoms with Gasteiger partial charge in [0.25, 0.3) is 0 Å². The van der Waals surface area contributed by atoms with E-state index in [-0.39, 0.29) is 24.0 Å². The molecule has 2 heterocycles. The quantitative estimate of drug-likeness (QED) is 0.346. The highest BCUT2D eigenvalue weighted by Gasteiger charge is 2.27. The van der Waals surface area contributed by atoms with Crippen LogP contribution in [0.4, 0.5) is 5.69 Å². The molecule has 0 bridgehead atoms. The molecule has 3 rings (SSSR count). The first kappa shape index (κ1) is 23.6. The van der Waals surface area contributed by atoms with Gasteiger partial charge in [0.1, 0.15) is 5.75 Å². The summed E-state index contributed by atoms with van der Waals surface area (Å²) in [5, 5.41) is 13.5. The number of hydrogen-bond acceptors (Lipinski definition) is 4. The second kappa shape index (κ2) is 11.5. The second-order valence-corrected chi connectivity index (χ2v) is 7.48. The van der Waals surface area contributed by atoms with Crippen molar-refractivity contribution in [1.82, 2.24) is 15.1 Å². The van der Waals surface area contributed by atoms with Crippen molar-refractivity contribution in [2.24, 2.45) is 4.99 Å². The van der Waals surface area contributed by atoms with E-state index in [1.807, 2.05) is 25.2 Å². The molecule has 2 saturated heterocycles. The summed E-state index contributed by atoms with van der Waals surface area (Å²) in [5.41, 5.74) is 0.895. The first-order chi connectivity index (χ1) is 13.6. The Morgan fingerprint density at radius 3 is 2.52 bits per heavy atom. The van der Waals surface area contributed by atoms with Crippen molar-refractivity contribution in [3.05, 3.63) is 24.3 Å². The van der Waals surface area contributed by atoms with Gasteiger partial charge in [-0.05, 0) is 31.4 Å². The normalized spacial score (nSPS) is 18.6. The minimum atomic E-state index is 0. The molecule has 0 saturated carbocycles. The maximum Gasteiger partial charge on any atom is 0.222 e. The number of carbonyl (C=O) groups excluding carboxylic acids is 1. The van der Waals surface area contributed by atoms with Crippen molar-refractivity contribution in [3.8, 4) is 5.75 Å². The molecule has 0 aliphatic carbocycles. The molecule has 1 unspecified atom stereocenters. The topological polar surface area (TPSA) is 71.4 Å². The van der Waals surface area contributed by atoms with Crippen LogP contribution in [0.15, 0.2) is 29.3 Å². The number of carbonyl (C=O) groups is 1. The summed E-state index contributed by atoms with van der Waals surface area (Å²) < 4.78 is 0. The molecule has 1 aromatic carbocycles. The summed E-state index contributed by atoms with van der Waals surface area (Å²) in [6.07, 6.45) is 3.63. The van der Waals surface area contributed by atoms with E-state index in [9.17, 15) is 9.90 Å². The maximum atomic E-state index is 12.0. The molecule has 2 fully saturated rings. The number of phenols is 1. The van der Waals surface area contributed by atoms with Gasteiger partial charge in [-0.15, -0.1) is 24.0 Å². The summed E-state index contributed by atoms with van der Waals surface area (Å²) >= 11 is 0. The highest BCUT2D eigenvalue weighted by molar-refractivity contribution is 14.0. The highest BCUT2D eigenvalue weighted by Crippen LogP contribution is 2.27. The number of nitrogens with zero attached hydrogens (tertiary/aromatic N) is 4. The number of benzene rings is 1. The second-order valence-electron chi connectivity index (χ2n) is 7.48. The summed E-state index contributed by atoms with van der Waals surface area (Å²) in [4.78, 5) is 23.0. The monoisotopic (exact) mass is 515 g/mol. The SMILES string of the molecule is CCC(CCNC(=NC)N1CCN(c2ccccc2O)CC1)N1CCCC1=O.I. The Labute approximate surface area is 191 Å². The van der Waals surface area contributed by atoms with Gasteiger partial charge in [0.15, 0.2) is 5.96 Å². The molecule has 0 radical (unpaired) electrons. The average Bonchev–Trinajstić information content (AvgIpc) is 3.15. The van der Waals surface area contributed by atoms with Crippen molar-refractivity contribution >= 4 is 41.5 Å².